The first-order valence-corrected chi connectivity index (χ1v) is 11.2. The Balaban J connectivity index is 1.57. The van der Waals surface area contributed by atoms with Gasteiger partial charge in [-0.1, -0.05) is 6.07 Å². The van der Waals surface area contributed by atoms with Crippen LogP contribution in [0.5, 0.6) is 0 Å². The third-order valence-corrected chi connectivity index (χ3v) is 7.16. The molecule has 0 unspecified atom stereocenters. The SMILES string of the molecule is C[C@H]1Cc2c([nH]c3ccc(F)cc23)[C@H](c2ccc(S(=O)(=O)NC3CC3)cc2F)N1. The van der Waals surface area contributed by atoms with Gasteiger partial charge in [0.1, 0.15) is 11.6 Å². The highest BCUT2D eigenvalue weighted by Crippen LogP contribution is 2.36. The Kier molecular flexibility index (Phi) is 4.27. The maximum Gasteiger partial charge on any atom is 0.240 e. The summed E-state index contributed by atoms with van der Waals surface area (Å²) in [5, 5.41) is 4.17. The van der Waals surface area contributed by atoms with Gasteiger partial charge in [0.05, 0.1) is 10.9 Å². The highest BCUT2D eigenvalue weighted by atomic mass is 32.2. The van der Waals surface area contributed by atoms with Gasteiger partial charge in [0.2, 0.25) is 10.0 Å². The first kappa shape index (κ1) is 18.7. The van der Waals surface area contributed by atoms with E-state index in [9.17, 15) is 12.8 Å². The first-order valence-electron chi connectivity index (χ1n) is 9.69. The second-order valence-corrected chi connectivity index (χ2v) is 9.70. The number of halogens is 2. The molecule has 2 aromatic carbocycles. The molecule has 0 saturated heterocycles. The van der Waals surface area contributed by atoms with Crippen LogP contribution in [0, 0.1) is 11.6 Å². The quantitative estimate of drug-likeness (QED) is 0.608. The van der Waals surface area contributed by atoms with E-state index in [-0.39, 0.29) is 22.8 Å². The van der Waals surface area contributed by atoms with E-state index in [0.717, 1.165) is 41.1 Å². The predicted molar refractivity (Wildman–Crippen MR) is 106 cm³/mol. The molecule has 0 amide bonds. The summed E-state index contributed by atoms with van der Waals surface area (Å²) in [6.07, 6.45) is 2.32. The molecule has 152 valence electrons. The summed E-state index contributed by atoms with van der Waals surface area (Å²) in [4.78, 5) is 3.22. The van der Waals surface area contributed by atoms with Crippen molar-refractivity contribution in [2.75, 3.05) is 0 Å². The maximum atomic E-state index is 15.1. The van der Waals surface area contributed by atoms with Gasteiger partial charge < -0.3 is 10.3 Å². The summed E-state index contributed by atoms with van der Waals surface area (Å²) in [5.41, 5.74) is 2.90. The number of benzene rings is 2. The van der Waals surface area contributed by atoms with Gasteiger partial charge in [-0.05, 0) is 62.1 Å². The molecule has 0 spiro atoms. The lowest BCUT2D eigenvalue weighted by molar-refractivity contribution is 0.445. The van der Waals surface area contributed by atoms with Crippen LogP contribution in [0.1, 0.15) is 42.6 Å². The molecule has 29 heavy (non-hydrogen) atoms. The molecule has 2 atom stereocenters. The summed E-state index contributed by atoms with van der Waals surface area (Å²) in [5.74, 6) is -0.906. The largest absolute Gasteiger partial charge is 0.357 e. The van der Waals surface area contributed by atoms with E-state index in [2.05, 4.69) is 15.0 Å². The van der Waals surface area contributed by atoms with Gasteiger partial charge in [0, 0.05) is 34.2 Å². The molecular weight excluding hydrogens is 396 g/mol. The zero-order chi connectivity index (χ0) is 20.3. The molecule has 0 bridgehead atoms. The van der Waals surface area contributed by atoms with Crippen LogP contribution in [0.4, 0.5) is 8.78 Å². The van der Waals surface area contributed by atoms with Crippen LogP contribution < -0.4 is 10.0 Å². The Morgan fingerprint density at radius 2 is 1.90 bits per heavy atom. The number of fused-ring (bicyclic) bond motifs is 3. The van der Waals surface area contributed by atoms with Crippen molar-refractivity contribution in [3.63, 3.8) is 0 Å². The van der Waals surface area contributed by atoms with Crippen LogP contribution in [0.25, 0.3) is 10.9 Å². The minimum atomic E-state index is -3.72. The van der Waals surface area contributed by atoms with Crippen LogP contribution in [0.15, 0.2) is 41.3 Å². The number of hydrogen-bond donors (Lipinski definition) is 3. The van der Waals surface area contributed by atoms with E-state index in [1.807, 2.05) is 6.92 Å². The number of aromatic amines is 1. The fraction of sp³-hybridized carbons (Fsp3) is 0.333. The second kappa shape index (κ2) is 6.62. The van der Waals surface area contributed by atoms with Crippen molar-refractivity contribution in [1.82, 2.24) is 15.0 Å². The third kappa shape index (κ3) is 3.35. The molecule has 1 saturated carbocycles. The van der Waals surface area contributed by atoms with E-state index in [1.165, 1.54) is 24.3 Å². The minimum absolute atomic E-state index is 0.0436. The molecule has 8 heteroatoms. The molecule has 3 aromatic rings. The van der Waals surface area contributed by atoms with Gasteiger partial charge in [0.25, 0.3) is 0 Å². The van der Waals surface area contributed by atoms with Crippen molar-refractivity contribution in [3.05, 3.63) is 64.9 Å². The van der Waals surface area contributed by atoms with E-state index in [1.54, 1.807) is 6.07 Å². The zero-order valence-electron chi connectivity index (χ0n) is 15.8. The molecule has 1 aliphatic heterocycles. The zero-order valence-corrected chi connectivity index (χ0v) is 16.6. The van der Waals surface area contributed by atoms with Gasteiger partial charge in [-0.25, -0.2) is 21.9 Å². The van der Waals surface area contributed by atoms with E-state index >= 15 is 4.39 Å². The highest BCUT2D eigenvalue weighted by molar-refractivity contribution is 7.89. The van der Waals surface area contributed by atoms with Gasteiger partial charge in [-0.2, -0.15) is 0 Å². The lowest BCUT2D eigenvalue weighted by Crippen LogP contribution is -2.38. The number of rotatable bonds is 4. The fourth-order valence-corrected chi connectivity index (χ4v) is 5.40. The van der Waals surface area contributed by atoms with Crippen molar-refractivity contribution < 1.29 is 17.2 Å². The van der Waals surface area contributed by atoms with E-state index in [0.29, 0.717) is 12.0 Å². The summed E-state index contributed by atoms with van der Waals surface area (Å²) < 4.78 is 56.2. The van der Waals surface area contributed by atoms with Crippen LogP contribution >= 0.6 is 0 Å². The lowest BCUT2D eigenvalue weighted by Gasteiger charge is -2.30. The van der Waals surface area contributed by atoms with Crippen LogP contribution in [-0.2, 0) is 16.4 Å². The van der Waals surface area contributed by atoms with Gasteiger partial charge in [-0.3, -0.25) is 0 Å². The van der Waals surface area contributed by atoms with Crippen molar-refractivity contribution in [3.8, 4) is 0 Å². The molecule has 2 aliphatic rings. The van der Waals surface area contributed by atoms with Crippen LogP contribution in [-0.4, -0.2) is 25.5 Å². The maximum absolute atomic E-state index is 15.1. The van der Waals surface area contributed by atoms with E-state index in [4.69, 9.17) is 0 Å². The van der Waals surface area contributed by atoms with Crippen molar-refractivity contribution >= 4 is 20.9 Å². The average Bonchev–Trinajstić information content (AvgIpc) is 3.40. The molecule has 0 radical (unpaired) electrons. The number of nitrogens with one attached hydrogen (secondary N) is 3. The molecule has 2 heterocycles. The first-order chi connectivity index (χ1) is 13.8. The molecule has 1 aromatic heterocycles. The van der Waals surface area contributed by atoms with Crippen LogP contribution in [0.2, 0.25) is 0 Å². The Bertz CT molecular complexity index is 1220. The number of hydrogen-bond acceptors (Lipinski definition) is 3. The molecule has 3 N–H and O–H groups in total. The summed E-state index contributed by atoms with van der Waals surface area (Å²) in [6.45, 7) is 1.99. The topological polar surface area (TPSA) is 74.0 Å². The highest BCUT2D eigenvalue weighted by Gasteiger charge is 2.32. The number of sulfonamides is 1. The van der Waals surface area contributed by atoms with Gasteiger partial charge in [0.15, 0.2) is 0 Å². The second-order valence-electron chi connectivity index (χ2n) is 7.99. The fourth-order valence-electron chi connectivity index (χ4n) is 4.08. The normalized spacial score (nSPS) is 22.0. The Hall–Kier alpha value is -2.29. The number of H-pyrrole nitrogens is 1. The Morgan fingerprint density at radius 3 is 2.62 bits per heavy atom. The van der Waals surface area contributed by atoms with E-state index < -0.39 is 21.9 Å². The predicted octanol–water partition coefficient (Wildman–Crippen LogP) is 3.51. The van der Waals surface area contributed by atoms with Crippen molar-refractivity contribution in [1.29, 1.82) is 0 Å². The third-order valence-electron chi connectivity index (χ3n) is 5.64. The van der Waals surface area contributed by atoms with Crippen molar-refractivity contribution in [2.45, 2.75) is 49.2 Å². The monoisotopic (exact) mass is 417 g/mol. The molecule has 5 nitrogen and oxygen atoms in total. The Morgan fingerprint density at radius 1 is 1.10 bits per heavy atom. The summed E-state index contributed by atoms with van der Waals surface area (Å²) in [7, 11) is -3.72. The van der Waals surface area contributed by atoms with Crippen LogP contribution in [0.3, 0.4) is 0 Å². The Labute approximate surface area is 167 Å². The lowest BCUT2D eigenvalue weighted by atomic mass is 9.91. The molecule has 1 aliphatic carbocycles. The van der Waals surface area contributed by atoms with Crippen molar-refractivity contribution in [2.24, 2.45) is 0 Å². The molecule has 5 rings (SSSR count). The molecular formula is C21H21F2N3O2S. The smallest absolute Gasteiger partial charge is 0.240 e. The standard InChI is InChI=1S/C21H21F2N3O2S/c1-11-8-17-16-9-12(22)2-7-19(16)25-21(17)20(24-11)15-6-5-14(10-18(15)23)29(27,28)26-13-3-4-13/h2,5-7,9-11,13,20,24-26H,3-4,8H2,1H3/t11-,20-/m0/s1. The number of aromatic nitrogens is 1. The average molecular weight is 417 g/mol. The minimum Gasteiger partial charge on any atom is -0.357 e. The van der Waals surface area contributed by atoms with Gasteiger partial charge in [-0.15, -0.1) is 0 Å². The molecule has 1 fully saturated rings. The summed E-state index contributed by atoms with van der Waals surface area (Å²) >= 11 is 0. The summed E-state index contributed by atoms with van der Waals surface area (Å²) in [6, 6.07) is 8.13. The van der Waals surface area contributed by atoms with Gasteiger partial charge >= 0.3 is 0 Å².